The fourth-order valence-electron chi connectivity index (χ4n) is 3.43. The maximum absolute atomic E-state index is 13.6. The van der Waals surface area contributed by atoms with E-state index >= 15 is 0 Å². The maximum atomic E-state index is 13.6. The van der Waals surface area contributed by atoms with E-state index in [2.05, 4.69) is 21.2 Å². The Hall–Kier alpha value is -3.24. The van der Waals surface area contributed by atoms with Gasteiger partial charge in [-0.3, -0.25) is 13.9 Å². The monoisotopic (exact) mass is 561 g/mol. The summed E-state index contributed by atoms with van der Waals surface area (Å²) < 4.78 is 42.3. The Labute approximate surface area is 212 Å². The number of hydrogen-bond donors (Lipinski definition) is 1. The molecule has 0 aliphatic heterocycles. The van der Waals surface area contributed by atoms with Gasteiger partial charge in [0.15, 0.2) is 0 Å². The van der Waals surface area contributed by atoms with Gasteiger partial charge in [-0.2, -0.15) is 0 Å². The minimum Gasteiger partial charge on any atom is -0.357 e. The number of para-hydroxylation sites is 1. The third-order valence-corrected chi connectivity index (χ3v) is 7.72. The number of nitrogens with one attached hydrogen (secondary N) is 1. The molecule has 7 nitrogen and oxygen atoms in total. The van der Waals surface area contributed by atoms with Crippen LogP contribution in [0.5, 0.6) is 0 Å². The molecule has 1 N–H and O–H groups in total. The van der Waals surface area contributed by atoms with Crippen molar-refractivity contribution < 1.29 is 22.4 Å². The minimum absolute atomic E-state index is 0.0971. The Kier molecular flexibility index (Phi) is 8.63. The highest BCUT2D eigenvalue weighted by molar-refractivity contribution is 9.10. The Bertz CT molecular complexity index is 1270. The zero-order valence-electron chi connectivity index (χ0n) is 19.2. The normalized spacial score (nSPS) is 12.0. The molecule has 0 bridgehead atoms. The molecule has 184 valence electrons. The summed E-state index contributed by atoms with van der Waals surface area (Å²) in [7, 11) is -2.75. The molecule has 0 aromatic heterocycles. The number of rotatable bonds is 9. The molecule has 35 heavy (non-hydrogen) atoms. The lowest BCUT2D eigenvalue weighted by Crippen LogP contribution is -2.50. The molecule has 0 heterocycles. The second-order valence-corrected chi connectivity index (χ2v) is 10.5. The Morgan fingerprint density at radius 3 is 2.14 bits per heavy atom. The van der Waals surface area contributed by atoms with Crippen molar-refractivity contribution in [3.8, 4) is 0 Å². The maximum Gasteiger partial charge on any atom is 0.264 e. The lowest BCUT2D eigenvalue weighted by molar-refractivity contribution is -0.139. The van der Waals surface area contributed by atoms with Crippen molar-refractivity contribution in [1.82, 2.24) is 10.2 Å². The molecule has 0 saturated carbocycles. The smallest absolute Gasteiger partial charge is 0.264 e. The zero-order chi connectivity index (χ0) is 25.6. The van der Waals surface area contributed by atoms with Crippen LogP contribution in [0.15, 0.2) is 88.2 Å². The van der Waals surface area contributed by atoms with E-state index in [4.69, 9.17) is 0 Å². The van der Waals surface area contributed by atoms with Crippen LogP contribution in [-0.2, 0) is 26.2 Å². The molecule has 0 fully saturated rings. The molecule has 0 radical (unpaired) electrons. The lowest BCUT2D eigenvalue weighted by atomic mass is 10.1. The second kappa shape index (κ2) is 11.5. The molecule has 0 unspecified atom stereocenters. The number of carbonyl (C=O) groups excluding carboxylic acids is 2. The molecule has 3 aromatic carbocycles. The Morgan fingerprint density at radius 1 is 0.971 bits per heavy atom. The molecular weight excluding hydrogens is 537 g/mol. The summed E-state index contributed by atoms with van der Waals surface area (Å²) >= 11 is 3.37. The first-order valence-electron chi connectivity index (χ1n) is 10.7. The first-order chi connectivity index (χ1) is 16.6. The van der Waals surface area contributed by atoms with Crippen LogP contribution in [0.1, 0.15) is 12.5 Å². The van der Waals surface area contributed by atoms with Crippen LogP contribution in [0.4, 0.5) is 10.1 Å². The van der Waals surface area contributed by atoms with E-state index < -0.39 is 34.3 Å². The average Bonchev–Trinajstić information content (AvgIpc) is 2.86. The highest BCUT2D eigenvalue weighted by atomic mass is 79.9. The van der Waals surface area contributed by atoms with Crippen LogP contribution in [0.3, 0.4) is 0 Å². The van der Waals surface area contributed by atoms with Crippen molar-refractivity contribution in [2.24, 2.45) is 0 Å². The van der Waals surface area contributed by atoms with Gasteiger partial charge in [-0.15, -0.1) is 0 Å². The van der Waals surface area contributed by atoms with Gasteiger partial charge in [-0.25, -0.2) is 12.8 Å². The van der Waals surface area contributed by atoms with Gasteiger partial charge in [0.1, 0.15) is 18.4 Å². The van der Waals surface area contributed by atoms with Gasteiger partial charge in [-0.1, -0.05) is 46.3 Å². The van der Waals surface area contributed by atoms with Crippen molar-refractivity contribution in [2.75, 3.05) is 17.9 Å². The molecule has 2 amide bonds. The number of likely N-dealkylation sites (N-methyl/N-ethyl adjacent to an activating group) is 1. The van der Waals surface area contributed by atoms with E-state index in [1.54, 1.807) is 37.3 Å². The van der Waals surface area contributed by atoms with Gasteiger partial charge >= 0.3 is 0 Å². The molecule has 0 aliphatic rings. The number of hydrogen-bond acceptors (Lipinski definition) is 4. The molecular formula is C25H25BrFN3O4S. The highest BCUT2D eigenvalue weighted by Crippen LogP contribution is 2.24. The fourth-order valence-corrected chi connectivity index (χ4v) is 5.11. The largest absolute Gasteiger partial charge is 0.357 e. The molecule has 0 aliphatic carbocycles. The molecule has 1 atom stereocenters. The minimum atomic E-state index is -4.22. The molecule has 3 rings (SSSR count). The standard InChI is InChI=1S/C25H25BrFN3O4S/c1-18(25(32)28-2)29(16-19-8-10-20(26)11-9-19)24(31)17-30(22-6-4-3-5-7-22)35(33,34)23-14-12-21(27)13-15-23/h3-15,18H,16-17H2,1-2H3,(H,28,32)/t18-/m0/s1. The van der Waals surface area contributed by atoms with Gasteiger partial charge in [0.2, 0.25) is 11.8 Å². The summed E-state index contributed by atoms with van der Waals surface area (Å²) in [5, 5.41) is 2.53. The summed E-state index contributed by atoms with van der Waals surface area (Å²) in [6.07, 6.45) is 0. The zero-order valence-corrected chi connectivity index (χ0v) is 21.6. The van der Waals surface area contributed by atoms with E-state index in [0.29, 0.717) is 0 Å². The van der Waals surface area contributed by atoms with E-state index in [9.17, 15) is 22.4 Å². The first-order valence-corrected chi connectivity index (χ1v) is 13.0. The number of nitrogens with zero attached hydrogens (tertiary/aromatic N) is 2. The van der Waals surface area contributed by atoms with Crippen molar-refractivity contribution in [2.45, 2.75) is 24.4 Å². The second-order valence-electron chi connectivity index (χ2n) is 7.74. The van der Waals surface area contributed by atoms with Crippen molar-refractivity contribution in [3.05, 3.63) is 94.7 Å². The van der Waals surface area contributed by atoms with Crippen LogP contribution >= 0.6 is 15.9 Å². The van der Waals surface area contributed by atoms with Gasteiger partial charge < -0.3 is 10.2 Å². The SMILES string of the molecule is CNC(=O)[C@H](C)N(Cc1ccc(Br)cc1)C(=O)CN(c1ccccc1)S(=O)(=O)c1ccc(F)cc1. The van der Waals surface area contributed by atoms with E-state index in [1.807, 2.05) is 24.3 Å². The predicted octanol–water partition coefficient (Wildman–Crippen LogP) is 3.95. The molecule has 0 spiro atoms. The van der Waals surface area contributed by atoms with Crippen molar-refractivity contribution in [3.63, 3.8) is 0 Å². The third kappa shape index (κ3) is 6.46. The van der Waals surface area contributed by atoms with E-state index in [-0.39, 0.29) is 23.0 Å². The van der Waals surface area contributed by atoms with Crippen LogP contribution < -0.4 is 9.62 Å². The number of halogens is 2. The number of anilines is 1. The summed E-state index contributed by atoms with van der Waals surface area (Å²) in [5.41, 5.74) is 1.03. The van der Waals surface area contributed by atoms with Crippen molar-refractivity contribution >= 4 is 43.5 Å². The van der Waals surface area contributed by atoms with Crippen LogP contribution in [0.25, 0.3) is 0 Å². The third-order valence-electron chi connectivity index (χ3n) is 5.40. The van der Waals surface area contributed by atoms with Crippen LogP contribution in [-0.4, -0.2) is 44.8 Å². The summed E-state index contributed by atoms with van der Waals surface area (Å²) in [5.74, 6) is -1.53. The van der Waals surface area contributed by atoms with Crippen LogP contribution in [0.2, 0.25) is 0 Å². The van der Waals surface area contributed by atoms with E-state index in [1.165, 1.54) is 11.9 Å². The number of carbonyl (C=O) groups is 2. The number of benzene rings is 3. The lowest BCUT2D eigenvalue weighted by Gasteiger charge is -2.31. The first kappa shape index (κ1) is 26.4. The van der Waals surface area contributed by atoms with Gasteiger partial charge in [0, 0.05) is 18.1 Å². The Morgan fingerprint density at radius 2 is 1.57 bits per heavy atom. The molecule has 0 saturated heterocycles. The van der Waals surface area contributed by atoms with Gasteiger partial charge in [-0.05, 0) is 61.0 Å². The number of amides is 2. The number of sulfonamides is 1. The average molecular weight is 562 g/mol. The quantitative estimate of drug-likeness (QED) is 0.428. The predicted molar refractivity (Wildman–Crippen MR) is 136 cm³/mol. The van der Waals surface area contributed by atoms with Gasteiger partial charge in [0.05, 0.1) is 10.6 Å². The molecule has 3 aromatic rings. The van der Waals surface area contributed by atoms with Crippen molar-refractivity contribution in [1.29, 1.82) is 0 Å². The van der Waals surface area contributed by atoms with E-state index in [0.717, 1.165) is 38.6 Å². The summed E-state index contributed by atoms with van der Waals surface area (Å²) in [4.78, 5) is 27.2. The van der Waals surface area contributed by atoms with Gasteiger partial charge in [0.25, 0.3) is 10.0 Å². The topological polar surface area (TPSA) is 86.8 Å². The highest BCUT2D eigenvalue weighted by Gasteiger charge is 2.32. The summed E-state index contributed by atoms with van der Waals surface area (Å²) in [6.45, 7) is 1.12. The fraction of sp³-hybridized carbons (Fsp3) is 0.200. The molecule has 10 heteroatoms. The summed E-state index contributed by atoms with van der Waals surface area (Å²) in [6, 6.07) is 19.0. The Balaban J connectivity index is 1.99. The van der Waals surface area contributed by atoms with Crippen LogP contribution in [0, 0.1) is 5.82 Å².